The quantitative estimate of drug-likeness (QED) is 0.616. The van der Waals surface area contributed by atoms with E-state index in [2.05, 4.69) is 0 Å². The van der Waals surface area contributed by atoms with Crippen molar-refractivity contribution in [3.8, 4) is 0 Å². The normalized spacial score (nSPS) is 37.5. The van der Waals surface area contributed by atoms with E-state index >= 15 is 0 Å². The number of primary amides is 1. The van der Waals surface area contributed by atoms with Crippen molar-refractivity contribution in [3.05, 3.63) is 0 Å². The molecule has 0 bridgehead atoms. The third kappa shape index (κ3) is 1.25. The van der Waals surface area contributed by atoms with Crippen molar-refractivity contribution in [2.45, 2.75) is 18.6 Å². The third-order valence-corrected chi connectivity index (χ3v) is 3.94. The number of carbonyl (C=O) groups is 1. The minimum atomic E-state index is -0.426. The second-order valence-corrected chi connectivity index (χ2v) is 4.44. The molecule has 4 heteroatoms. The summed E-state index contributed by atoms with van der Waals surface area (Å²) in [7, 11) is 0. The fourth-order valence-corrected chi connectivity index (χ4v) is 2.96. The summed E-state index contributed by atoms with van der Waals surface area (Å²) in [4.78, 5) is 11.1. The van der Waals surface area contributed by atoms with Gasteiger partial charge < -0.3 is 11.5 Å². The maximum Gasteiger partial charge on any atom is 0.226 e. The smallest absolute Gasteiger partial charge is 0.226 e. The highest BCUT2D eigenvalue weighted by atomic mass is 32.2. The summed E-state index contributed by atoms with van der Waals surface area (Å²) in [6, 6.07) is 0. The van der Waals surface area contributed by atoms with Gasteiger partial charge >= 0.3 is 0 Å². The Morgan fingerprint density at radius 3 is 2.64 bits per heavy atom. The standard InChI is InChI=1S/C7H14N2OS/c1-5-7(4-8,6(9)10)2-3-11-5/h5H,2-4,8H2,1H3,(H2,9,10). The topological polar surface area (TPSA) is 69.1 Å². The molecule has 3 nitrogen and oxygen atoms in total. The van der Waals surface area contributed by atoms with Crippen molar-refractivity contribution >= 4 is 17.7 Å². The molecule has 11 heavy (non-hydrogen) atoms. The molecular formula is C7H14N2OS. The Hall–Kier alpha value is -0.220. The lowest BCUT2D eigenvalue weighted by Crippen LogP contribution is -2.46. The van der Waals surface area contributed by atoms with Crippen LogP contribution in [0.1, 0.15) is 13.3 Å². The summed E-state index contributed by atoms with van der Waals surface area (Å²) in [6.45, 7) is 2.41. The summed E-state index contributed by atoms with van der Waals surface area (Å²) in [6.07, 6.45) is 0.838. The first-order valence-corrected chi connectivity index (χ1v) is 4.80. The second kappa shape index (κ2) is 3.03. The highest BCUT2D eigenvalue weighted by Gasteiger charge is 2.44. The molecule has 0 aromatic carbocycles. The largest absolute Gasteiger partial charge is 0.369 e. The molecule has 1 fully saturated rings. The lowest BCUT2D eigenvalue weighted by molar-refractivity contribution is -0.126. The molecule has 1 rings (SSSR count). The molecule has 0 radical (unpaired) electrons. The zero-order valence-electron chi connectivity index (χ0n) is 6.67. The van der Waals surface area contributed by atoms with Gasteiger partial charge in [-0.1, -0.05) is 6.92 Å². The number of nitrogens with two attached hydrogens (primary N) is 2. The first kappa shape index (κ1) is 8.87. The van der Waals surface area contributed by atoms with Crippen LogP contribution in [0, 0.1) is 5.41 Å². The van der Waals surface area contributed by atoms with Gasteiger partial charge in [-0.3, -0.25) is 4.79 Å². The van der Waals surface area contributed by atoms with Crippen molar-refractivity contribution in [3.63, 3.8) is 0 Å². The van der Waals surface area contributed by atoms with Crippen molar-refractivity contribution in [2.75, 3.05) is 12.3 Å². The van der Waals surface area contributed by atoms with Crippen LogP contribution in [0.3, 0.4) is 0 Å². The van der Waals surface area contributed by atoms with E-state index in [1.165, 1.54) is 0 Å². The zero-order valence-corrected chi connectivity index (χ0v) is 7.49. The van der Waals surface area contributed by atoms with Gasteiger partial charge in [0.15, 0.2) is 0 Å². The van der Waals surface area contributed by atoms with Gasteiger partial charge in [0.1, 0.15) is 0 Å². The lowest BCUT2D eigenvalue weighted by atomic mass is 9.82. The third-order valence-electron chi connectivity index (χ3n) is 2.55. The molecule has 0 aliphatic carbocycles. The van der Waals surface area contributed by atoms with Crippen LogP contribution in [0.25, 0.3) is 0 Å². The molecule has 1 aliphatic heterocycles. The Balaban J connectivity index is 2.82. The van der Waals surface area contributed by atoms with Gasteiger partial charge in [-0.2, -0.15) is 11.8 Å². The van der Waals surface area contributed by atoms with Gasteiger partial charge in [-0.05, 0) is 12.2 Å². The minimum absolute atomic E-state index is 0.238. The van der Waals surface area contributed by atoms with Crippen LogP contribution in [0.15, 0.2) is 0 Å². The summed E-state index contributed by atoms with van der Waals surface area (Å²) >= 11 is 1.78. The molecule has 0 aromatic rings. The Morgan fingerprint density at radius 1 is 1.82 bits per heavy atom. The number of hydrogen-bond donors (Lipinski definition) is 2. The molecule has 2 atom stereocenters. The Labute approximate surface area is 70.9 Å². The molecule has 64 valence electrons. The highest BCUT2D eigenvalue weighted by molar-refractivity contribution is 8.00. The molecule has 0 aromatic heterocycles. The number of hydrogen-bond acceptors (Lipinski definition) is 3. The van der Waals surface area contributed by atoms with Crippen molar-refractivity contribution in [1.82, 2.24) is 0 Å². The average Bonchev–Trinajstić information content (AvgIpc) is 2.32. The Bertz CT molecular complexity index is 174. The Kier molecular flexibility index (Phi) is 2.44. The van der Waals surface area contributed by atoms with E-state index in [-0.39, 0.29) is 11.2 Å². The summed E-state index contributed by atoms with van der Waals surface area (Å²) in [5.41, 5.74) is 10.4. The summed E-state index contributed by atoms with van der Waals surface area (Å²) < 4.78 is 0. The van der Waals surface area contributed by atoms with Crippen LogP contribution in [-0.4, -0.2) is 23.5 Å². The zero-order chi connectivity index (χ0) is 8.48. The number of amides is 1. The maximum atomic E-state index is 11.1. The number of thioether (sulfide) groups is 1. The van der Waals surface area contributed by atoms with E-state index in [0.29, 0.717) is 6.54 Å². The van der Waals surface area contributed by atoms with Gasteiger partial charge in [0.25, 0.3) is 0 Å². The van der Waals surface area contributed by atoms with Gasteiger partial charge in [-0.25, -0.2) is 0 Å². The van der Waals surface area contributed by atoms with Gasteiger partial charge in [0.2, 0.25) is 5.91 Å². The van der Waals surface area contributed by atoms with Crippen molar-refractivity contribution < 1.29 is 4.79 Å². The summed E-state index contributed by atoms with van der Waals surface area (Å²) in [5.74, 6) is 0.763. The van der Waals surface area contributed by atoms with Crippen molar-refractivity contribution in [1.29, 1.82) is 0 Å². The number of rotatable bonds is 2. The van der Waals surface area contributed by atoms with E-state index in [0.717, 1.165) is 12.2 Å². The number of carbonyl (C=O) groups excluding carboxylic acids is 1. The lowest BCUT2D eigenvalue weighted by Gasteiger charge is -2.27. The average molecular weight is 174 g/mol. The van der Waals surface area contributed by atoms with Crippen LogP contribution in [0.2, 0.25) is 0 Å². The van der Waals surface area contributed by atoms with Crippen molar-refractivity contribution in [2.24, 2.45) is 16.9 Å². The Morgan fingerprint density at radius 2 is 2.45 bits per heavy atom. The van der Waals surface area contributed by atoms with Crippen LogP contribution in [-0.2, 0) is 4.79 Å². The van der Waals surface area contributed by atoms with E-state index < -0.39 is 5.41 Å². The van der Waals surface area contributed by atoms with Crippen LogP contribution < -0.4 is 11.5 Å². The molecular weight excluding hydrogens is 160 g/mol. The minimum Gasteiger partial charge on any atom is -0.369 e. The second-order valence-electron chi connectivity index (χ2n) is 2.99. The monoisotopic (exact) mass is 174 g/mol. The molecule has 4 N–H and O–H groups in total. The fourth-order valence-electron chi connectivity index (χ4n) is 1.47. The molecule has 0 saturated carbocycles. The molecule has 1 heterocycles. The van der Waals surface area contributed by atoms with E-state index in [1.807, 2.05) is 6.92 Å². The summed E-state index contributed by atoms with van der Waals surface area (Å²) in [5, 5.41) is 0.282. The van der Waals surface area contributed by atoms with Gasteiger partial charge in [0.05, 0.1) is 5.41 Å². The van der Waals surface area contributed by atoms with Crippen LogP contribution in [0.5, 0.6) is 0 Å². The molecule has 1 saturated heterocycles. The van der Waals surface area contributed by atoms with E-state index in [4.69, 9.17) is 11.5 Å². The van der Waals surface area contributed by atoms with E-state index in [9.17, 15) is 4.79 Å². The van der Waals surface area contributed by atoms with Gasteiger partial charge in [-0.15, -0.1) is 0 Å². The SMILES string of the molecule is CC1SCCC1(CN)C(N)=O. The highest BCUT2D eigenvalue weighted by Crippen LogP contribution is 2.41. The molecule has 2 unspecified atom stereocenters. The van der Waals surface area contributed by atoms with E-state index in [1.54, 1.807) is 11.8 Å². The first-order valence-electron chi connectivity index (χ1n) is 3.75. The molecule has 1 aliphatic rings. The predicted molar refractivity (Wildman–Crippen MR) is 47.2 cm³/mol. The first-order chi connectivity index (χ1) is 5.13. The maximum absolute atomic E-state index is 11.1. The predicted octanol–water partition coefficient (Wildman–Crippen LogP) is -0.0578. The van der Waals surface area contributed by atoms with Crippen LogP contribution in [0.4, 0.5) is 0 Å². The molecule has 1 amide bonds. The molecule has 0 spiro atoms. The van der Waals surface area contributed by atoms with Gasteiger partial charge in [0, 0.05) is 11.8 Å². The van der Waals surface area contributed by atoms with Crippen LogP contribution >= 0.6 is 11.8 Å². The fraction of sp³-hybridized carbons (Fsp3) is 0.857.